The van der Waals surface area contributed by atoms with Crippen molar-refractivity contribution in [2.75, 3.05) is 12.4 Å². The van der Waals surface area contributed by atoms with Gasteiger partial charge in [0.2, 0.25) is 5.91 Å². The zero-order valence-corrected chi connectivity index (χ0v) is 26.2. The van der Waals surface area contributed by atoms with Gasteiger partial charge in [-0.3, -0.25) is 14.4 Å². The maximum Gasteiger partial charge on any atom is 0.305 e. The smallest absolute Gasteiger partial charge is 0.305 e. The number of carboxylic acids is 1. The summed E-state index contributed by atoms with van der Waals surface area (Å²) >= 11 is 4.11. The van der Waals surface area contributed by atoms with E-state index >= 15 is 0 Å². The van der Waals surface area contributed by atoms with Gasteiger partial charge in [0.25, 0.3) is 5.91 Å². The minimum atomic E-state index is -1.04. The van der Waals surface area contributed by atoms with Crippen molar-refractivity contribution in [2.24, 2.45) is 39.7 Å². The highest BCUT2D eigenvalue weighted by atomic mass is 32.1. The van der Waals surface area contributed by atoms with Crippen LogP contribution < -0.4 is 10.6 Å². The molecule has 232 valence electrons. The molecule has 3 fully saturated rings. The van der Waals surface area contributed by atoms with Crippen LogP contribution in [0.3, 0.4) is 0 Å². The number of fused-ring (bicyclic) bond motifs is 5. The zero-order chi connectivity index (χ0) is 30.9. The fourth-order valence-electron chi connectivity index (χ4n) is 8.48. The Labute approximate surface area is 255 Å². The van der Waals surface area contributed by atoms with Gasteiger partial charge in [0.05, 0.1) is 12.1 Å². The number of thiol groups is 1. The van der Waals surface area contributed by atoms with Crippen LogP contribution in [-0.2, 0) is 19.2 Å². The fourth-order valence-corrected chi connectivity index (χ4v) is 8.70. The van der Waals surface area contributed by atoms with E-state index in [1.54, 1.807) is 13.8 Å². The van der Waals surface area contributed by atoms with Gasteiger partial charge in [-0.05, 0) is 86.5 Å². The summed E-state index contributed by atoms with van der Waals surface area (Å²) in [7, 11) is 0. The highest BCUT2D eigenvalue weighted by molar-refractivity contribution is 7.80. The van der Waals surface area contributed by atoms with E-state index in [-0.39, 0.29) is 35.5 Å². The number of carbonyl (C=O) groups excluding carboxylic acids is 2. The minimum Gasteiger partial charge on any atom is -0.481 e. The molecule has 10 heteroatoms. The van der Waals surface area contributed by atoms with Crippen molar-refractivity contribution in [2.45, 2.75) is 103 Å². The molecule has 0 aromatic rings. The number of oxime groups is 1. The van der Waals surface area contributed by atoms with Gasteiger partial charge < -0.3 is 25.7 Å². The van der Waals surface area contributed by atoms with E-state index in [1.807, 2.05) is 0 Å². The number of amides is 2. The first-order valence-corrected chi connectivity index (χ1v) is 15.9. The number of hydrogen-bond donors (Lipinski definition) is 5. The molecule has 4 N–H and O–H groups in total. The van der Waals surface area contributed by atoms with E-state index in [9.17, 15) is 19.5 Å². The van der Waals surface area contributed by atoms with Crippen molar-refractivity contribution >= 4 is 36.1 Å². The average molecular weight is 602 g/mol. The number of hydrogen-bond acceptors (Lipinski definition) is 7. The third-order valence-corrected chi connectivity index (χ3v) is 11.4. The predicted octanol–water partition coefficient (Wildman–Crippen LogP) is 3.72. The lowest BCUT2D eigenvalue weighted by Crippen LogP contribution is -2.54. The maximum absolute atomic E-state index is 12.7. The van der Waals surface area contributed by atoms with E-state index in [0.717, 1.165) is 50.7 Å². The summed E-state index contributed by atoms with van der Waals surface area (Å²) in [5, 5.41) is 29.9. The van der Waals surface area contributed by atoms with Gasteiger partial charge in [0.15, 0.2) is 6.61 Å². The number of aliphatic hydroxyl groups is 1. The van der Waals surface area contributed by atoms with Crippen LogP contribution in [0.25, 0.3) is 0 Å². The number of carboxylic acid groups (broad SMARTS) is 1. The van der Waals surface area contributed by atoms with Crippen LogP contribution in [0.15, 0.2) is 16.8 Å². The first kappa shape index (κ1) is 32.4. The highest BCUT2D eigenvalue weighted by Crippen LogP contribution is 2.67. The van der Waals surface area contributed by atoms with Gasteiger partial charge >= 0.3 is 5.97 Å². The number of rotatable bonds is 10. The van der Waals surface area contributed by atoms with Crippen molar-refractivity contribution in [3.63, 3.8) is 0 Å². The molecule has 0 aromatic heterocycles. The van der Waals surface area contributed by atoms with Crippen LogP contribution in [0.5, 0.6) is 0 Å². The summed E-state index contributed by atoms with van der Waals surface area (Å²) < 4.78 is 0. The highest BCUT2D eigenvalue weighted by Gasteiger charge is 2.63. The molecule has 0 saturated heterocycles. The van der Waals surface area contributed by atoms with Gasteiger partial charge in [0.1, 0.15) is 11.6 Å². The summed E-state index contributed by atoms with van der Waals surface area (Å²) in [6.45, 7) is 7.87. The topological polar surface area (TPSA) is 137 Å². The fraction of sp³-hybridized carbons (Fsp3) is 0.750. The SMILES string of the molecule is C#C[C@@]1(O)CC[C@@H]2[C@@H]3CCC4=CC(=NOCC(=O)N[C@H](C(=O)N[C@@H](CS)CC(=O)O)C(C)C)CC[C@]4(C)[C@@H]3CC[C@@]21C. The van der Waals surface area contributed by atoms with E-state index in [2.05, 4.69) is 54.3 Å². The van der Waals surface area contributed by atoms with Gasteiger partial charge in [-0.15, -0.1) is 6.42 Å². The van der Waals surface area contributed by atoms with Gasteiger partial charge in [-0.25, -0.2) is 0 Å². The van der Waals surface area contributed by atoms with Crippen molar-refractivity contribution in [1.29, 1.82) is 0 Å². The molecule has 4 aliphatic rings. The lowest BCUT2D eigenvalue weighted by molar-refractivity contribution is -0.138. The first-order chi connectivity index (χ1) is 19.8. The third-order valence-electron chi connectivity index (χ3n) is 11.0. The van der Waals surface area contributed by atoms with Crippen molar-refractivity contribution in [3.8, 4) is 12.3 Å². The molecular weight excluding hydrogens is 554 g/mol. The number of nitrogens with zero attached hydrogens (tertiary/aromatic N) is 1. The molecule has 4 aliphatic carbocycles. The lowest BCUT2D eigenvalue weighted by Gasteiger charge is -2.58. The molecular formula is C32H47N3O6S. The number of carbonyl (C=O) groups is 3. The Morgan fingerprint density at radius 2 is 1.86 bits per heavy atom. The molecule has 0 spiro atoms. The normalized spacial score (nSPS) is 36.0. The van der Waals surface area contributed by atoms with Gasteiger partial charge in [-0.2, -0.15) is 12.6 Å². The van der Waals surface area contributed by atoms with Crippen LogP contribution in [0.1, 0.15) is 85.5 Å². The molecule has 42 heavy (non-hydrogen) atoms. The van der Waals surface area contributed by atoms with Crippen molar-refractivity contribution in [3.05, 3.63) is 11.6 Å². The maximum atomic E-state index is 12.7. The monoisotopic (exact) mass is 601 g/mol. The number of nitrogens with one attached hydrogen (secondary N) is 2. The second-order valence-corrected chi connectivity index (χ2v) is 14.0. The Morgan fingerprint density at radius 1 is 1.14 bits per heavy atom. The van der Waals surface area contributed by atoms with Crippen molar-refractivity contribution in [1.82, 2.24) is 10.6 Å². The molecule has 8 atom stereocenters. The summed E-state index contributed by atoms with van der Waals surface area (Å²) in [5.41, 5.74) is 1.09. The molecule has 9 nitrogen and oxygen atoms in total. The Bertz CT molecular complexity index is 1180. The molecule has 0 aromatic carbocycles. The summed E-state index contributed by atoms with van der Waals surface area (Å²) in [6, 6.07) is -1.48. The number of aliphatic carboxylic acids is 1. The van der Waals surface area contributed by atoms with Crippen molar-refractivity contribution < 1.29 is 29.4 Å². The molecule has 0 bridgehead atoms. The predicted molar refractivity (Wildman–Crippen MR) is 164 cm³/mol. The molecule has 3 saturated carbocycles. The molecule has 0 aliphatic heterocycles. The Morgan fingerprint density at radius 3 is 2.50 bits per heavy atom. The molecule has 0 radical (unpaired) electrons. The lowest BCUT2D eigenvalue weighted by atomic mass is 9.46. The van der Waals surface area contributed by atoms with Gasteiger partial charge in [0, 0.05) is 17.2 Å². The average Bonchev–Trinajstić information content (AvgIpc) is 3.21. The Kier molecular flexibility index (Phi) is 9.73. The van der Waals surface area contributed by atoms with Crippen LogP contribution in [0, 0.1) is 46.8 Å². The van der Waals surface area contributed by atoms with Crippen LogP contribution >= 0.6 is 12.6 Å². The molecule has 0 heterocycles. The molecule has 4 rings (SSSR count). The van der Waals surface area contributed by atoms with Crippen LogP contribution in [0.2, 0.25) is 0 Å². The van der Waals surface area contributed by atoms with Crippen LogP contribution in [-0.4, -0.2) is 63.8 Å². The second kappa shape index (κ2) is 12.6. The Hall–Kier alpha value is -2.51. The second-order valence-electron chi connectivity index (χ2n) is 13.6. The molecule has 2 amide bonds. The van der Waals surface area contributed by atoms with Gasteiger partial charge in [-0.1, -0.05) is 44.3 Å². The summed E-state index contributed by atoms with van der Waals surface area (Å²) in [4.78, 5) is 41.8. The van der Waals surface area contributed by atoms with E-state index < -0.39 is 35.5 Å². The molecule has 0 unspecified atom stereocenters. The van der Waals surface area contributed by atoms with Crippen LogP contribution in [0.4, 0.5) is 0 Å². The quantitative estimate of drug-likeness (QED) is 0.147. The Balaban J connectivity index is 1.35. The third kappa shape index (κ3) is 6.10. The minimum absolute atomic E-state index is 0.0842. The van der Waals surface area contributed by atoms with E-state index in [0.29, 0.717) is 24.2 Å². The summed E-state index contributed by atoms with van der Waals surface area (Å²) in [5.74, 6) is 2.30. The zero-order valence-electron chi connectivity index (χ0n) is 25.3. The number of terminal acetylenes is 1. The summed E-state index contributed by atoms with van der Waals surface area (Å²) in [6.07, 6.45) is 15.2. The van der Waals surface area contributed by atoms with E-state index in [4.69, 9.17) is 16.4 Å². The number of allylic oxidation sites excluding steroid dienone is 2. The first-order valence-electron chi connectivity index (χ1n) is 15.3. The standard InChI is InChI=1S/C32H47N3O6S/c1-6-32(40)14-11-25-23-8-7-20-15-21(9-12-30(20,4)24(23)10-13-31(25,32)5)35-41-17-26(36)34-28(19(2)3)29(39)33-22(18-42)16-27(37)38/h1,15,19,22-25,28,40,42H,7-14,16-18H2,2-5H3,(H,33,39)(H,34,36)(H,37,38)/t22-,23-,24-,25-,28+,30+,31+,32-/m1/s1. The van der Waals surface area contributed by atoms with E-state index in [1.165, 1.54) is 5.57 Å². The largest absolute Gasteiger partial charge is 0.481 e.